The van der Waals surface area contributed by atoms with Crippen LogP contribution < -0.4 is 11.1 Å². The number of aryl methyl sites for hydroxylation is 1. The fourth-order valence-corrected chi connectivity index (χ4v) is 1.86. The Hall–Kier alpha value is -3.23. The lowest BCUT2D eigenvalue weighted by Gasteiger charge is -1.99. The Balaban J connectivity index is 1.74. The molecule has 0 unspecified atom stereocenters. The molecule has 2 aromatic heterocycles. The number of amides is 1. The maximum absolute atomic E-state index is 12.9. The molecular formula is C14H11FN4O4. The number of nitrogens with zero attached hydrogens (tertiary/aromatic N) is 3. The fourth-order valence-electron chi connectivity index (χ4n) is 1.86. The smallest absolute Gasteiger partial charge is 0.388 e. The van der Waals surface area contributed by atoms with Crippen LogP contribution in [0.1, 0.15) is 5.76 Å². The van der Waals surface area contributed by atoms with Gasteiger partial charge in [-0.2, -0.15) is 4.68 Å². The van der Waals surface area contributed by atoms with Crippen molar-refractivity contribution in [3.63, 3.8) is 0 Å². The predicted octanol–water partition coefficient (Wildman–Crippen LogP) is 1.58. The zero-order chi connectivity index (χ0) is 16.4. The van der Waals surface area contributed by atoms with Gasteiger partial charge in [-0.15, -0.1) is 5.10 Å². The van der Waals surface area contributed by atoms with Crippen LogP contribution in [0, 0.1) is 12.7 Å². The second kappa shape index (κ2) is 5.87. The largest absolute Gasteiger partial charge is 0.437 e. The molecule has 1 N–H and O–H groups in total. The van der Waals surface area contributed by atoms with Gasteiger partial charge < -0.3 is 14.3 Å². The topological polar surface area (TPSA) is 103 Å². The zero-order valence-electron chi connectivity index (χ0n) is 11.9. The molecule has 0 aliphatic rings. The first kappa shape index (κ1) is 14.7. The molecule has 0 radical (unpaired) electrons. The Morgan fingerprint density at radius 3 is 2.74 bits per heavy atom. The standard InChI is InChI=1S/C14H11FN4O4/c1-8-6-11(18-23-8)16-12(20)7-19-14(21)22-13(17-19)9-2-4-10(15)5-3-9/h2-6H,7H2,1H3,(H,16,18,20). The lowest BCUT2D eigenvalue weighted by atomic mass is 10.2. The van der Waals surface area contributed by atoms with Crippen molar-refractivity contribution < 1.29 is 18.1 Å². The van der Waals surface area contributed by atoms with E-state index in [1.165, 1.54) is 30.3 Å². The second-order valence-corrected chi connectivity index (χ2v) is 4.71. The summed E-state index contributed by atoms with van der Waals surface area (Å²) in [5, 5.41) is 9.97. The molecular weight excluding hydrogens is 307 g/mol. The van der Waals surface area contributed by atoms with Crippen molar-refractivity contribution in [1.82, 2.24) is 14.9 Å². The highest BCUT2D eigenvalue weighted by atomic mass is 19.1. The third-order valence-corrected chi connectivity index (χ3v) is 2.89. The third-order valence-electron chi connectivity index (χ3n) is 2.89. The monoisotopic (exact) mass is 318 g/mol. The molecule has 0 saturated carbocycles. The highest BCUT2D eigenvalue weighted by molar-refractivity contribution is 5.89. The summed E-state index contributed by atoms with van der Waals surface area (Å²) in [5.41, 5.74) is 0.426. The van der Waals surface area contributed by atoms with Crippen LogP contribution in [0.3, 0.4) is 0 Å². The molecule has 0 saturated heterocycles. The van der Waals surface area contributed by atoms with Crippen LogP contribution in [0.2, 0.25) is 0 Å². The van der Waals surface area contributed by atoms with Crippen molar-refractivity contribution in [1.29, 1.82) is 0 Å². The molecule has 3 aromatic rings. The minimum absolute atomic E-state index is 0.0000746. The molecule has 23 heavy (non-hydrogen) atoms. The van der Waals surface area contributed by atoms with E-state index < -0.39 is 17.5 Å². The van der Waals surface area contributed by atoms with Gasteiger partial charge in [0.2, 0.25) is 11.8 Å². The molecule has 9 heteroatoms. The van der Waals surface area contributed by atoms with Crippen molar-refractivity contribution in [3.05, 3.63) is 52.5 Å². The van der Waals surface area contributed by atoms with Crippen LogP contribution in [0.15, 0.2) is 44.1 Å². The van der Waals surface area contributed by atoms with Crippen LogP contribution in [-0.2, 0) is 11.3 Å². The van der Waals surface area contributed by atoms with Crippen molar-refractivity contribution >= 4 is 11.7 Å². The summed E-state index contributed by atoms with van der Waals surface area (Å²) in [6.07, 6.45) is 0. The predicted molar refractivity (Wildman–Crippen MR) is 76.0 cm³/mol. The first-order valence-electron chi connectivity index (χ1n) is 6.58. The molecule has 1 amide bonds. The first-order chi connectivity index (χ1) is 11.0. The van der Waals surface area contributed by atoms with Gasteiger partial charge in [-0.05, 0) is 31.2 Å². The Bertz CT molecular complexity index is 894. The van der Waals surface area contributed by atoms with E-state index in [4.69, 9.17) is 8.94 Å². The Kier molecular flexibility index (Phi) is 3.75. The summed E-state index contributed by atoms with van der Waals surface area (Å²) < 4.78 is 23.5. The molecule has 0 bridgehead atoms. The van der Waals surface area contributed by atoms with Crippen LogP contribution >= 0.6 is 0 Å². The van der Waals surface area contributed by atoms with Gasteiger partial charge in [-0.1, -0.05) is 5.16 Å². The maximum Gasteiger partial charge on any atom is 0.437 e. The van der Waals surface area contributed by atoms with Crippen LogP contribution in [0.4, 0.5) is 10.2 Å². The van der Waals surface area contributed by atoms with Crippen molar-refractivity contribution in [2.75, 3.05) is 5.32 Å². The third kappa shape index (κ3) is 3.34. The van der Waals surface area contributed by atoms with E-state index in [-0.39, 0.29) is 18.3 Å². The van der Waals surface area contributed by atoms with Gasteiger partial charge >= 0.3 is 5.76 Å². The number of rotatable bonds is 4. The Morgan fingerprint density at radius 1 is 1.35 bits per heavy atom. The highest BCUT2D eigenvalue weighted by Crippen LogP contribution is 2.15. The van der Waals surface area contributed by atoms with Crippen molar-refractivity contribution in [3.8, 4) is 11.5 Å². The summed E-state index contributed by atoms with van der Waals surface area (Å²) in [6.45, 7) is 1.33. The molecule has 0 aliphatic carbocycles. The molecule has 0 fully saturated rings. The summed E-state index contributed by atoms with van der Waals surface area (Å²) in [6, 6.07) is 6.81. The number of carbonyl (C=O) groups is 1. The van der Waals surface area contributed by atoms with Crippen LogP contribution in [0.5, 0.6) is 0 Å². The van der Waals surface area contributed by atoms with Gasteiger partial charge in [-0.25, -0.2) is 9.18 Å². The Morgan fingerprint density at radius 2 is 2.09 bits per heavy atom. The number of anilines is 1. The lowest BCUT2D eigenvalue weighted by Crippen LogP contribution is -2.25. The number of nitrogens with one attached hydrogen (secondary N) is 1. The fraction of sp³-hybridized carbons (Fsp3) is 0.143. The summed E-state index contributed by atoms with van der Waals surface area (Å²) in [5.74, 6) is -0.951. The molecule has 8 nitrogen and oxygen atoms in total. The van der Waals surface area contributed by atoms with E-state index in [1.54, 1.807) is 6.92 Å². The van der Waals surface area contributed by atoms with Gasteiger partial charge in [0.15, 0.2) is 5.82 Å². The van der Waals surface area contributed by atoms with Crippen molar-refractivity contribution in [2.45, 2.75) is 13.5 Å². The second-order valence-electron chi connectivity index (χ2n) is 4.71. The first-order valence-corrected chi connectivity index (χ1v) is 6.58. The van der Waals surface area contributed by atoms with Crippen LogP contribution in [-0.4, -0.2) is 20.8 Å². The molecule has 2 heterocycles. The van der Waals surface area contributed by atoms with E-state index in [9.17, 15) is 14.0 Å². The number of carbonyl (C=O) groups excluding carboxylic acids is 1. The number of halogens is 1. The minimum atomic E-state index is -0.796. The Labute approximate surface area is 128 Å². The average molecular weight is 318 g/mol. The van der Waals surface area contributed by atoms with Gasteiger partial charge in [0.05, 0.1) is 0 Å². The average Bonchev–Trinajstić information content (AvgIpc) is 3.06. The molecule has 0 atom stereocenters. The zero-order valence-corrected chi connectivity index (χ0v) is 11.9. The number of benzene rings is 1. The number of hydrogen-bond acceptors (Lipinski definition) is 6. The van der Waals surface area contributed by atoms with E-state index >= 15 is 0 Å². The van der Waals surface area contributed by atoms with E-state index in [0.717, 1.165) is 4.68 Å². The van der Waals surface area contributed by atoms with E-state index in [2.05, 4.69) is 15.6 Å². The molecule has 1 aromatic carbocycles. The van der Waals surface area contributed by atoms with E-state index in [1.807, 2.05) is 0 Å². The normalized spacial score (nSPS) is 10.7. The van der Waals surface area contributed by atoms with E-state index in [0.29, 0.717) is 11.3 Å². The number of hydrogen-bond donors (Lipinski definition) is 1. The minimum Gasteiger partial charge on any atom is -0.388 e. The van der Waals surface area contributed by atoms with Gasteiger partial charge in [0.25, 0.3) is 0 Å². The van der Waals surface area contributed by atoms with Crippen LogP contribution in [0.25, 0.3) is 11.5 Å². The molecule has 0 spiro atoms. The van der Waals surface area contributed by atoms with Gasteiger partial charge in [0, 0.05) is 11.6 Å². The summed E-state index contributed by atoms with van der Waals surface area (Å²) in [7, 11) is 0. The van der Waals surface area contributed by atoms with Gasteiger partial charge in [-0.3, -0.25) is 4.79 Å². The SMILES string of the molecule is Cc1cc(NC(=O)Cn2nc(-c3ccc(F)cc3)oc2=O)no1. The summed E-state index contributed by atoms with van der Waals surface area (Å²) in [4.78, 5) is 23.6. The quantitative estimate of drug-likeness (QED) is 0.783. The highest BCUT2D eigenvalue weighted by Gasteiger charge is 2.14. The summed E-state index contributed by atoms with van der Waals surface area (Å²) >= 11 is 0. The molecule has 118 valence electrons. The molecule has 0 aliphatic heterocycles. The van der Waals surface area contributed by atoms with Crippen molar-refractivity contribution in [2.24, 2.45) is 0 Å². The number of aromatic nitrogens is 3. The van der Waals surface area contributed by atoms with Gasteiger partial charge in [0.1, 0.15) is 18.1 Å². The maximum atomic E-state index is 12.9. The lowest BCUT2D eigenvalue weighted by molar-refractivity contribution is -0.117. The molecule has 3 rings (SSSR count).